The van der Waals surface area contributed by atoms with Gasteiger partial charge in [0.2, 0.25) is 5.91 Å². The van der Waals surface area contributed by atoms with Gasteiger partial charge in [0.1, 0.15) is 19.3 Å². The molecule has 2 aromatic rings. The predicted molar refractivity (Wildman–Crippen MR) is 95.1 cm³/mol. The first-order chi connectivity index (χ1) is 12.7. The average Bonchev–Trinajstić information content (AvgIpc) is 3.22. The number of para-hydroxylation sites is 1. The van der Waals surface area contributed by atoms with Crippen LogP contribution in [-0.4, -0.2) is 40.4 Å². The van der Waals surface area contributed by atoms with Crippen LogP contribution in [0.3, 0.4) is 0 Å². The Hall–Kier alpha value is -2.57. The van der Waals surface area contributed by atoms with Crippen molar-refractivity contribution < 1.29 is 14.3 Å². The molecule has 1 unspecified atom stereocenters. The summed E-state index contributed by atoms with van der Waals surface area (Å²) in [6, 6.07) is 6.50. The van der Waals surface area contributed by atoms with Crippen LogP contribution >= 0.6 is 0 Å². The number of hydrogen-bond donors (Lipinski definition) is 1. The summed E-state index contributed by atoms with van der Waals surface area (Å²) in [4.78, 5) is 12.7. The van der Waals surface area contributed by atoms with E-state index in [1.165, 1.54) is 0 Å². The van der Waals surface area contributed by atoms with Gasteiger partial charge in [0.15, 0.2) is 11.5 Å². The number of carbonyl (C=O) groups is 1. The second-order valence-corrected chi connectivity index (χ2v) is 7.08. The third kappa shape index (κ3) is 3.38. The van der Waals surface area contributed by atoms with Crippen molar-refractivity contribution >= 4 is 5.91 Å². The molecule has 2 heterocycles. The number of methoxy groups -OCH3 is 1. The molecular formula is C19H24N4O3. The zero-order valence-corrected chi connectivity index (χ0v) is 14.9. The molecule has 1 fully saturated rings. The Morgan fingerprint density at radius 2 is 2.00 bits per heavy atom. The van der Waals surface area contributed by atoms with Crippen LogP contribution in [0.2, 0.25) is 0 Å². The monoisotopic (exact) mass is 356 g/mol. The van der Waals surface area contributed by atoms with E-state index in [9.17, 15) is 4.79 Å². The fourth-order valence-electron chi connectivity index (χ4n) is 3.96. The molecule has 7 heteroatoms. The predicted octanol–water partition coefficient (Wildman–Crippen LogP) is 2.14. The Morgan fingerprint density at radius 1 is 1.23 bits per heavy atom. The fraction of sp³-hybridized carbons (Fsp3) is 0.526. The Labute approximate surface area is 152 Å². The third-order valence-electron chi connectivity index (χ3n) is 5.45. The molecule has 0 spiro atoms. The number of benzene rings is 1. The normalized spacial score (nSPS) is 25.0. The van der Waals surface area contributed by atoms with Crippen molar-refractivity contribution in [2.24, 2.45) is 5.92 Å². The van der Waals surface area contributed by atoms with Gasteiger partial charge >= 0.3 is 0 Å². The molecule has 1 aliphatic carbocycles. The van der Waals surface area contributed by atoms with Crippen molar-refractivity contribution in [3.05, 3.63) is 36.4 Å². The van der Waals surface area contributed by atoms with E-state index in [2.05, 4.69) is 20.1 Å². The van der Waals surface area contributed by atoms with Crippen LogP contribution in [0.25, 0.3) is 0 Å². The van der Waals surface area contributed by atoms with Gasteiger partial charge in [0.05, 0.1) is 13.0 Å². The van der Waals surface area contributed by atoms with E-state index >= 15 is 0 Å². The van der Waals surface area contributed by atoms with Gasteiger partial charge in [-0.25, -0.2) is 0 Å². The highest BCUT2D eigenvalue weighted by molar-refractivity contribution is 5.80. The largest absolute Gasteiger partial charge is 0.493 e. The Balaban J connectivity index is 1.32. The molecule has 1 aliphatic heterocycles. The Kier molecular flexibility index (Phi) is 4.77. The van der Waals surface area contributed by atoms with Gasteiger partial charge in [-0.15, -0.1) is 10.2 Å². The highest BCUT2D eigenvalue weighted by atomic mass is 16.5. The zero-order chi connectivity index (χ0) is 17.9. The van der Waals surface area contributed by atoms with E-state index in [0.29, 0.717) is 19.1 Å². The van der Waals surface area contributed by atoms with E-state index in [1.54, 1.807) is 19.8 Å². The minimum absolute atomic E-state index is 0.0891. The molecule has 1 N–H and O–H groups in total. The number of hydrogen-bond acceptors (Lipinski definition) is 5. The zero-order valence-electron chi connectivity index (χ0n) is 14.9. The lowest BCUT2D eigenvalue weighted by molar-refractivity contribution is -0.127. The summed E-state index contributed by atoms with van der Waals surface area (Å²) in [5.41, 5.74) is 1.03. The number of rotatable bonds is 4. The molecule has 4 rings (SSSR count). The molecule has 0 saturated heterocycles. The number of ether oxygens (including phenoxy) is 2. The summed E-state index contributed by atoms with van der Waals surface area (Å²) in [7, 11) is 1.63. The van der Waals surface area contributed by atoms with Crippen molar-refractivity contribution in [3.8, 4) is 11.5 Å². The Morgan fingerprint density at radius 3 is 2.73 bits per heavy atom. The highest BCUT2D eigenvalue weighted by Crippen LogP contribution is 2.36. The summed E-state index contributed by atoms with van der Waals surface area (Å²) in [6.07, 6.45) is 8.26. The summed E-state index contributed by atoms with van der Waals surface area (Å²) in [5, 5.41) is 11.0. The minimum Gasteiger partial charge on any atom is -0.493 e. The van der Waals surface area contributed by atoms with E-state index in [-0.39, 0.29) is 17.9 Å². The molecule has 1 atom stereocenters. The van der Waals surface area contributed by atoms with Crippen molar-refractivity contribution in [2.75, 3.05) is 13.7 Å². The van der Waals surface area contributed by atoms with Gasteiger partial charge in [0, 0.05) is 12.1 Å². The fourth-order valence-corrected chi connectivity index (χ4v) is 3.96. The maximum absolute atomic E-state index is 12.7. The quantitative estimate of drug-likeness (QED) is 0.908. The molecule has 138 valence electrons. The number of nitrogens with zero attached hydrogens (tertiary/aromatic N) is 3. The molecule has 1 aromatic carbocycles. The maximum Gasteiger partial charge on any atom is 0.227 e. The van der Waals surface area contributed by atoms with Crippen molar-refractivity contribution in [2.45, 2.75) is 44.2 Å². The SMILES string of the molecule is COc1cccc2c1OCC(C(=O)NC1CCC(n3cnnc3)CC1)C2. The van der Waals surface area contributed by atoms with Gasteiger partial charge in [0.25, 0.3) is 0 Å². The molecule has 1 saturated carbocycles. The number of nitrogens with one attached hydrogen (secondary N) is 1. The van der Waals surface area contributed by atoms with Crippen LogP contribution in [0.5, 0.6) is 11.5 Å². The molecule has 0 bridgehead atoms. The van der Waals surface area contributed by atoms with Crippen molar-refractivity contribution in [3.63, 3.8) is 0 Å². The molecule has 1 aromatic heterocycles. The topological polar surface area (TPSA) is 78.3 Å². The first kappa shape index (κ1) is 16.9. The molecular weight excluding hydrogens is 332 g/mol. The summed E-state index contributed by atoms with van der Waals surface area (Å²) >= 11 is 0. The van der Waals surface area contributed by atoms with Crippen LogP contribution in [0.1, 0.15) is 37.3 Å². The lowest BCUT2D eigenvalue weighted by atomic mass is 9.90. The number of carbonyl (C=O) groups excluding carboxylic acids is 1. The van der Waals surface area contributed by atoms with Crippen LogP contribution in [0.4, 0.5) is 0 Å². The van der Waals surface area contributed by atoms with E-state index in [4.69, 9.17) is 9.47 Å². The maximum atomic E-state index is 12.7. The van der Waals surface area contributed by atoms with Gasteiger partial charge in [-0.2, -0.15) is 0 Å². The molecule has 0 radical (unpaired) electrons. The van der Waals surface area contributed by atoms with Gasteiger partial charge < -0.3 is 19.4 Å². The minimum atomic E-state index is -0.148. The second-order valence-electron chi connectivity index (χ2n) is 7.08. The van der Waals surface area contributed by atoms with E-state index < -0.39 is 0 Å². The first-order valence-electron chi connectivity index (χ1n) is 9.17. The Bertz CT molecular complexity index is 754. The lowest BCUT2D eigenvalue weighted by Gasteiger charge is -2.31. The number of fused-ring (bicyclic) bond motifs is 1. The summed E-state index contributed by atoms with van der Waals surface area (Å²) in [6.45, 7) is 0.398. The van der Waals surface area contributed by atoms with Crippen molar-refractivity contribution in [1.29, 1.82) is 0 Å². The lowest BCUT2D eigenvalue weighted by Crippen LogP contribution is -2.44. The van der Waals surface area contributed by atoms with Crippen LogP contribution < -0.4 is 14.8 Å². The second kappa shape index (κ2) is 7.35. The molecule has 1 amide bonds. The number of amides is 1. The van der Waals surface area contributed by atoms with E-state index in [0.717, 1.165) is 42.7 Å². The van der Waals surface area contributed by atoms with Crippen molar-refractivity contribution in [1.82, 2.24) is 20.1 Å². The van der Waals surface area contributed by atoms with E-state index in [1.807, 2.05) is 18.2 Å². The first-order valence-corrected chi connectivity index (χ1v) is 9.17. The van der Waals surface area contributed by atoms with Crippen LogP contribution in [0, 0.1) is 5.92 Å². The van der Waals surface area contributed by atoms with Gasteiger partial charge in [-0.1, -0.05) is 12.1 Å². The summed E-state index contributed by atoms with van der Waals surface area (Å²) < 4.78 is 13.2. The molecule has 2 aliphatic rings. The summed E-state index contributed by atoms with van der Waals surface area (Å²) in [5.74, 6) is 1.44. The number of aromatic nitrogens is 3. The third-order valence-corrected chi connectivity index (χ3v) is 5.45. The van der Waals surface area contributed by atoms with Crippen LogP contribution in [-0.2, 0) is 11.2 Å². The molecule has 26 heavy (non-hydrogen) atoms. The standard InChI is InChI=1S/C19H24N4O3/c1-25-17-4-2-3-13-9-14(10-26-18(13)17)19(24)22-15-5-7-16(8-6-15)23-11-20-21-12-23/h2-4,11-12,14-16H,5-10H2,1H3,(H,22,24). The van der Waals surface area contributed by atoms with Gasteiger partial charge in [-0.3, -0.25) is 4.79 Å². The average molecular weight is 356 g/mol. The molecule has 7 nitrogen and oxygen atoms in total. The van der Waals surface area contributed by atoms with Gasteiger partial charge in [-0.05, 0) is 43.7 Å². The smallest absolute Gasteiger partial charge is 0.227 e. The van der Waals surface area contributed by atoms with Crippen LogP contribution in [0.15, 0.2) is 30.9 Å². The highest BCUT2D eigenvalue weighted by Gasteiger charge is 2.30.